The number of rotatable bonds is 2. The van der Waals surface area contributed by atoms with E-state index in [0.717, 1.165) is 24.1 Å². The van der Waals surface area contributed by atoms with Crippen molar-refractivity contribution >= 4 is 11.8 Å². The van der Waals surface area contributed by atoms with Gasteiger partial charge >= 0.3 is 0 Å². The Balaban J connectivity index is 1.60. The molecule has 4 rings (SSSR count). The molecule has 2 fully saturated rings. The zero-order valence-electron chi connectivity index (χ0n) is 14.4. The molecule has 130 valence electrons. The lowest BCUT2D eigenvalue weighted by molar-refractivity contribution is -0.130. The minimum absolute atomic E-state index is 0.00551. The second-order valence-corrected chi connectivity index (χ2v) is 6.87. The molecule has 0 N–H and O–H groups in total. The Morgan fingerprint density at radius 2 is 2.16 bits per heavy atom. The number of likely N-dealkylation sites (N-methyl/N-ethyl adjacent to an activating group) is 1. The van der Waals surface area contributed by atoms with E-state index in [-0.39, 0.29) is 23.8 Å². The van der Waals surface area contributed by atoms with E-state index < -0.39 is 0 Å². The van der Waals surface area contributed by atoms with Crippen LogP contribution < -0.4 is 0 Å². The molecule has 25 heavy (non-hydrogen) atoms. The Morgan fingerprint density at radius 1 is 1.32 bits per heavy atom. The summed E-state index contributed by atoms with van der Waals surface area (Å²) in [6.45, 7) is 3.30. The number of hydrogen-bond acceptors (Lipinski definition) is 4. The third kappa shape index (κ3) is 2.59. The lowest BCUT2D eigenvalue weighted by Gasteiger charge is -2.36. The lowest BCUT2D eigenvalue weighted by Crippen LogP contribution is -2.48. The van der Waals surface area contributed by atoms with Crippen molar-refractivity contribution in [3.63, 3.8) is 0 Å². The number of likely N-dealkylation sites (tertiary alicyclic amines) is 2. The molecule has 1 aromatic heterocycles. The number of amides is 2. The summed E-state index contributed by atoms with van der Waals surface area (Å²) in [6, 6.07) is 5.61. The average molecular weight is 339 g/mol. The molecule has 0 bridgehead atoms. The van der Waals surface area contributed by atoms with Gasteiger partial charge in [-0.15, -0.1) is 0 Å². The van der Waals surface area contributed by atoms with E-state index in [0.29, 0.717) is 18.7 Å². The molecular weight excluding hydrogens is 318 g/mol. The maximum absolute atomic E-state index is 13.1. The summed E-state index contributed by atoms with van der Waals surface area (Å²) in [5.74, 6) is 0.129. The highest BCUT2D eigenvalue weighted by Crippen LogP contribution is 2.32. The fourth-order valence-corrected chi connectivity index (χ4v) is 4.02. The predicted octanol–water partition coefficient (Wildman–Crippen LogP) is 1.27. The summed E-state index contributed by atoms with van der Waals surface area (Å²) in [4.78, 5) is 32.9. The van der Waals surface area contributed by atoms with E-state index in [2.05, 4.69) is 10.1 Å². The summed E-state index contributed by atoms with van der Waals surface area (Å²) in [5, 5.41) is 4.14. The number of fused-ring (bicyclic) bond motifs is 1. The quantitative estimate of drug-likeness (QED) is 0.826. The highest BCUT2D eigenvalue weighted by molar-refractivity contribution is 5.96. The minimum atomic E-state index is -0.0433. The first-order valence-corrected chi connectivity index (χ1v) is 8.58. The fraction of sp³-hybridized carbons (Fsp3) is 0.444. The van der Waals surface area contributed by atoms with Crippen LogP contribution in [0.1, 0.15) is 28.8 Å². The van der Waals surface area contributed by atoms with Gasteiger partial charge in [-0.05, 0) is 43.5 Å². The average Bonchev–Trinajstić information content (AvgIpc) is 3.23. The van der Waals surface area contributed by atoms with Gasteiger partial charge in [-0.25, -0.2) is 9.67 Å². The molecule has 0 aliphatic carbocycles. The van der Waals surface area contributed by atoms with Crippen molar-refractivity contribution in [2.24, 2.45) is 5.92 Å². The molecular formula is C18H21N5O2. The number of benzene rings is 1. The first-order chi connectivity index (χ1) is 12.1. The van der Waals surface area contributed by atoms with Gasteiger partial charge in [0.1, 0.15) is 12.7 Å². The molecule has 2 atom stereocenters. The maximum Gasteiger partial charge on any atom is 0.254 e. The Morgan fingerprint density at radius 3 is 2.88 bits per heavy atom. The molecule has 2 amide bonds. The van der Waals surface area contributed by atoms with Crippen LogP contribution in [0.3, 0.4) is 0 Å². The van der Waals surface area contributed by atoms with Gasteiger partial charge < -0.3 is 9.80 Å². The molecule has 7 heteroatoms. The fourth-order valence-electron chi connectivity index (χ4n) is 4.02. The van der Waals surface area contributed by atoms with Crippen molar-refractivity contribution in [3.8, 4) is 5.69 Å². The molecule has 2 aliphatic rings. The number of carbonyl (C=O) groups is 2. The summed E-state index contributed by atoms with van der Waals surface area (Å²) in [5.41, 5.74) is 2.52. The first kappa shape index (κ1) is 15.8. The van der Waals surface area contributed by atoms with E-state index in [1.807, 2.05) is 37.1 Å². The van der Waals surface area contributed by atoms with Gasteiger partial charge in [-0.3, -0.25) is 9.59 Å². The molecule has 0 radical (unpaired) electrons. The second-order valence-electron chi connectivity index (χ2n) is 6.87. The van der Waals surface area contributed by atoms with Gasteiger partial charge in [0.25, 0.3) is 5.91 Å². The van der Waals surface area contributed by atoms with Crippen LogP contribution in [0, 0.1) is 12.8 Å². The number of nitrogens with zero attached hydrogens (tertiary/aromatic N) is 5. The van der Waals surface area contributed by atoms with E-state index in [1.54, 1.807) is 15.9 Å². The van der Waals surface area contributed by atoms with Crippen LogP contribution in [-0.4, -0.2) is 62.6 Å². The van der Waals surface area contributed by atoms with Gasteiger partial charge in [0, 0.05) is 25.7 Å². The Hall–Kier alpha value is -2.70. The van der Waals surface area contributed by atoms with E-state index in [4.69, 9.17) is 0 Å². The molecule has 0 unspecified atom stereocenters. The highest BCUT2D eigenvalue weighted by Gasteiger charge is 2.45. The SMILES string of the molecule is Cc1cc(C(=O)N2CCC[C@H]3C(=O)N(C)C[C@H]32)ccc1-n1cncn1. The number of aryl methyl sites for hydroxylation is 1. The number of hydrogen-bond donors (Lipinski definition) is 0. The summed E-state index contributed by atoms with van der Waals surface area (Å²) in [6.07, 6.45) is 4.88. The smallest absolute Gasteiger partial charge is 0.254 e. The van der Waals surface area contributed by atoms with Crippen LogP contribution in [0.2, 0.25) is 0 Å². The maximum atomic E-state index is 13.1. The van der Waals surface area contributed by atoms with Crippen LogP contribution in [0.25, 0.3) is 5.69 Å². The Kier molecular flexibility index (Phi) is 3.78. The summed E-state index contributed by atoms with van der Waals surface area (Å²) in [7, 11) is 1.82. The predicted molar refractivity (Wildman–Crippen MR) is 91.3 cm³/mol. The zero-order valence-corrected chi connectivity index (χ0v) is 14.4. The standard InChI is InChI=1S/C18H21N5O2/c1-12-8-13(5-6-15(12)23-11-19-10-20-23)17(24)22-7-3-4-14-16(22)9-21(2)18(14)25/h5-6,8,10-11,14,16H,3-4,7,9H2,1-2H3/t14-,16-/m1/s1. The van der Waals surface area contributed by atoms with E-state index in [1.165, 1.54) is 6.33 Å². The van der Waals surface area contributed by atoms with Crippen molar-refractivity contribution < 1.29 is 9.59 Å². The van der Waals surface area contributed by atoms with Gasteiger partial charge in [0.15, 0.2) is 0 Å². The van der Waals surface area contributed by atoms with Crippen molar-refractivity contribution in [2.45, 2.75) is 25.8 Å². The minimum Gasteiger partial charge on any atom is -0.343 e. The topological polar surface area (TPSA) is 71.3 Å². The van der Waals surface area contributed by atoms with Gasteiger partial charge in [0.05, 0.1) is 17.6 Å². The second kappa shape index (κ2) is 5.98. The normalized spacial score (nSPS) is 23.0. The Bertz CT molecular complexity index is 817. The molecule has 0 spiro atoms. The van der Waals surface area contributed by atoms with Crippen LogP contribution in [-0.2, 0) is 4.79 Å². The first-order valence-electron chi connectivity index (χ1n) is 8.58. The zero-order chi connectivity index (χ0) is 17.6. The van der Waals surface area contributed by atoms with Crippen LogP contribution in [0.15, 0.2) is 30.9 Å². The third-order valence-corrected chi connectivity index (χ3v) is 5.30. The molecule has 3 heterocycles. The summed E-state index contributed by atoms with van der Waals surface area (Å²) >= 11 is 0. The molecule has 2 aromatic rings. The number of aromatic nitrogens is 3. The largest absolute Gasteiger partial charge is 0.343 e. The van der Waals surface area contributed by atoms with Crippen molar-refractivity contribution in [1.29, 1.82) is 0 Å². The van der Waals surface area contributed by atoms with Gasteiger partial charge in [0.2, 0.25) is 5.91 Å². The van der Waals surface area contributed by atoms with E-state index in [9.17, 15) is 9.59 Å². The number of carbonyl (C=O) groups excluding carboxylic acids is 2. The lowest BCUT2D eigenvalue weighted by atomic mass is 9.91. The highest BCUT2D eigenvalue weighted by atomic mass is 16.2. The van der Waals surface area contributed by atoms with Crippen molar-refractivity contribution in [1.82, 2.24) is 24.6 Å². The van der Waals surface area contributed by atoms with Crippen molar-refractivity contribution in [3.05, 3.63) is 42.0 Å². The molecule has 0 saturated carbocycles. The molecule has 2 saturated heterocycles. The van der Waals surface area contributed by atoms with Crippen LogP contribution in [0.5, 0.6) is 0 Å². The summed E-state index contributed by atoms with van der Waals surface area (Å²) < 4.78 is 1.69. The van der Waals surface area contributed by atoms with Gasteiger partial charge in [-0.2, -0.15) is 5.10 Å². The molecule has 1 aromatic carbocycles. The van der Waals surface area contributed by atoms with Crippen molar-refractivity contribution in [2.75, 3.05) is 20.1 Å². The molecule has 2 aliphatic heterocycles. The Labute approximate surface area is 146 Å². The number of piperidine rings is 1. The third-order valence-electron chi connectivity index (χ3n) is 5.30. The molecule has 7 nitrogen and oxygen atoms in total. The van der Waals surface area contributed by atoms with Gasteiger partial charge in [-0.1, -0.05) is 0 Å². The van der Waals surface area contributed by atoms with E-state index >= 15 is 0 Å². The van der Waals surface area contributed by atoms with Crippen LogP contribution in [0.4, 0.5) is 0 Å². The van der Waals surface area contributed by atoms with Crippen LogP contribution >= 0.6 is 0 Å². The monoisotopic (exact) mass is 339 g/mol.